The van der Waals surface area contributed by atoms with Gasteiger partial charge in [0.25, 0.3) is 5.91 Å². The molecule has 1 atom stereocenters. The highest BCUT2D eigenvalue weighted by Gasteiger charge is 2.47. The van der Waals surface area contributed by atoms with Crippen molar-refractivity contribution in [1.29, 1.82) is 0 Å². The Labute approximate surface area is 220 Å². The van der Waals surface area contributed by atoms with Crippen LogP contribution in [0.3, 0.4) is 0 Å². The molecule has 0 aliphatic carbocycles. The number of piperazine rings is 1. The molecule has 11 heteroatoms. The van der Waals surface area contributed by atoms with Crippen molar-refractivity contribution in [3.8, 4) is 5.75 Å². The first kappa shape index (κ1) is 24.4. The van der Waals surface area contributed by atoms with Gasteiger partial charge in [-0.2, -0.15) is 5.10 Å². The molecule has 2 aliphatic rings. The molecular weight excluding hydrogens is 484 g/mol. The van der Waals surface area contributed by atoms with Crippen LogP contribution in [0.2, 0.25) is 0 Å². The van der Waals surface area contributed by atoms with E-state index in [0.29, 0.717) is 23.3 Å². The molecule has 38 heavy (non-hydrogen) atoms. The maximum absolute atomic E-state index is 13.4. The zero-order valence-corrected chi connectivity index (χ0v) is 21.8. The third-order valence-electron chi connectivity index (χ3n) is 7.77. The van der Waals surface area contributed by atoms with Crippen LogP contribution in [0.25, 0.3) is 5.65 Å². The number of nitrogens with one attached hydrogen (secondary N) is 2. The van der Waals surface area contributed by atoms with Crippen molar-refractivity contribution in [3.05, 3.63) is 66.1 Å². The Morgan fingerprint density at radius 1 is 1.24 bits per heavy atom. The van der Waals surface area contributed by atoms with Crippen LogP contribution in [0, 0.1) is 0 Å². The van der Waals surface area contributed by atoms with E-state index in [1.807, 2.05) is 25.3 Å². The predicted octanol–water partition coefficient (Wildman–Crippen LogP) is 2.49. The molecular formula is C27H32N8O3. The molecule has 11 nitrogen and oxygen atoms in total. The quantitative estimate of drug-likeness (QED) is 0.357. The van der Waals surface area contributed by atoms with Crippen molar-refractivity contribution < 1.29 is 14.6 Å². The lowest BCUT2D eigenvalue weighted by Gasteiger charge is -2.37. The van der Waals surface area contributed by atoms with E-state index in [-0.39, 0.29) is 5.91 Å². The van der Waals surface area contributed by atoms with E-state index in [1.54, 1.807) is 43.2 Å². The summed E-state index contributed by atoms with van der Waals surface area (Å²) in [5, 5.41) is 18.2. The Kier molecular flexibility index (Phi) is 5.84. The monoisotopic (exact) mass is 516 g/mol. The van der Waals surface area contributed by atoms with Gasteiger partial charge in [0.15, 0.2) is 5.65 Å². The summed E-state index contributed by atoms with van der Waals surface area (Å²) in [4.78, 5) is 29.7. The molecule has 3 N–H and O–H groups in total. The van der Waals surface area contributed by atoms with Crippen molar-refractivity contribution in [2.24, 2.45) is 0 Å². The molecule has 0 bridgehead atoms. The van der Waals surface area contributed by atoms with E-state index in [2.05, 4.69) is 35.2 Å². The maximum Gasteiger partial charge on any atom is 0.261 e. The molecule has 2 aliphatic heterocycles. The average molecular weight is 517 g/mol. The SMILES string of the molecule is CC(C)(O)C1(C)Cc2cc(NC(=O)c3cnn4cccnc34)c(N3CCN(Cc4cnc[nH]4)CC3)cc2O1. The van der Waals surface area contributed by atoms with E-state index < -0.39 is 11.2 Å². The molecule has 0 radical (unpaired) electrons. The molecule has 1 fully saturated rings. The molecule has 4 aromatic rings. The Morgan fingerprint density at radius 2 is 2.05 bits per heavy atom. The van der Waals surface area contributed by atoms with Gasteiger partial charge in [-0.3, -0.25) is 9.69 Å². The number of aromatic amines is 1. The van der Waals surface area contributed by atoms with E-state index in [0.717, 1.165) is 55.4 Å². The number of aliphatic hydroxyl groups is 1. The van der Waals surface area contributed by atoms with Crippen LogP contribution in [0.5, 0.6) is 5.75 Å². The van der Waals surface area contributed by atoms with Crippen molar-refractivity contribution in [1.82, 2.24) is 29.5 Å². The average Bonchev–Trinajstić information content (AvgIpc) is 3.62. The van der Waals surface area contributed by atoms with Crippen LogP contribution in [0.1, 0.15) is 42.4 Å². The Morgan fingerprint density at radius 3 is 2.79 bits per heavy atom. The normalized spacial score (nSPS) is 19.9. The van der Waals surface area contributed by atoms with Gasteiger partial charge in [-0.05, 0) is 32.9 Å². The van der Waals surface area contributed by atoms with E-state index in [4.69, 9.17) is 4.74 Å². The zero-order valence-electron chi connectivity index (χ0n) is 21.8. The van der Waals surface area contributed by atoms with Crippen LogP contribution in [0.15, 0.2) is 49.3 Å². The number of imidazole rings is 1. The molecule has 1 amide bonds. The third-order valence-corrected chi connectivity index (χ3v) is 7.77. The second kappa shape index (κ2) is 9.10. The number of benzene rings is 1. The van der Waals surface area contributed by atoms with Gasteiger partial charge >= 0.3 is 0 Å². The number of carbonyl (C=O) groups excluding carboxylic acids is 1. The fourth-order valence-corrected chi connectivity index (χ4v) is 5.13. The highest BCUT2D eigenvalue weighted by atomic mass is 16.5. The van der Waals surface area contributed by atoms with Crippen molar-refractivity contribution in [2.75, 3.05) is 36.4 Å². The molecule has 5 heterocycles. The molecule has 0 saturated carbocycles. The summed E-state index contributed by atoms with van der Waals surface area (Å²) < 4.78 is 7.92. The number of H-pyrrole nitrogens is 1. The number of hydrogen-bond acceptors (Lipinski definition) is 8. The van der Waals surface area contributed by atoms with Crippen LogP contribution in [0.4, 0.5) is 11.4 Å². The number of fused-ring (bicyclic) bond motifs is 2. The molecule has 3 aromatic heterocycles. The van der Waals surface area contributed by atoms with Crippen LogP contribution in [-0.2, 0) is 13.0 Å². The number of anilines is 2. The van der Waals surface area contributed by atoms with Gasteiger partial charge in [-0.15, -0.1) is 0 Å². The number of hydrogen-bond donors (Lipinski definition) is 3. The first-order valence-corrected chi connectivity index (χ1v) is 12.8. The number of aromatic nitrogens is 5. The van der Waals surface area contributed by atoms with E-state index in [1.165, 1.54) is 6.20 Å². The van der Waals surface area contributed by atoms with Gasteiger partial charge in [-0.25, -0.2) is 14.5 Å². The van der Waals surface area contributed by atoms with Gasteiger partial charge in [0.05, 0.1) is 29.5 Å². The van der Waals surface area contributed by atoms with Crippen LogP contribution < -0.4 is 15.0 Å². The Bertz CT molecular complexity index is 1470. The lowest BCUT2D eigenvalue weighted by molar-refractivity contribution is -0.0900. The molecule has 1 unspecified atom stereocenters. The second-order valence-corrected chi connectivity index (χ2v) is 10.8. The number of rotatable bonds is 6. The number of ether oxygens (including phenoxy) is 1. The highest BCUT2D eigenvalue weighted by molar-refractivity contribution is 6.09. The minimum absolute atomic E-state index is 0.276. The maximum atomic E-state index is 13.4. The van der Waals surface area contributed by atoms with Gasteiger partial charge in [0.1, 0.15) is 16.9 Å². The third kappa shape index (κ3) is 4.37. The summed E-state index contributed by atoms with van der Waals surface area (Å²) in [7, 11) is 0. The summed E-state index contributed by atoms with van der Waals surface area (Å²) in [6.07, 6.45) is 9.03. The van der Waals surface area contributed by atoms with E-state index >= 15 is 0 Å². The molecule has 0 spiro atoms. The number of amides is 1. The van der Waals surface area contributed by atoms with Gasteiger partial charge in [0.2, 0.25) is 0 Å². The topological polar surface area (TPSA) is 124 Å². The lowest BCUT2D eigenvalue weighted by atomic mass is 9.84. The minimum atomic E-state index is -1.04. The molecule has 6 rings (SSSR count). The standard InChI is InChI=1S/C27H32N8O3/c1-26(2,37)27(3)13-18-11-21(32-25(36)20-15-31-35-6-4-5-29-24(20)35)22(12-23(18)38-27)34-9-7-33(8-10-34)16-19-14-28-17-30-19/h4-6,11-12,14-15,17,37H,7-10,13,16H2,1-3H3,(H,28,30)(H,32,36). The van der Waals surface area contributed by atoms with Gasteiger partial charge in [0, 0.05) is 75.1 Å². The second-order valence-electron chi connectivity index (χ2n) is 10.8. The molecule has 1 aromatic carbocycles. The predicted molar refractivity (Wildman–Crippen MR) is 142 cm³/mol. The van der Waals surface area contributed by atoms with Gasteiger partial charge in [-0.1, -0.05) is 0 Å². The molecule has 1 saturated heterocycles. The first-order chi connectivity index (χ1) is 18.2. The van der Waals surface area contributed by atoms with Crippen molar-refractivity contribution in [3.63, 3.8) is 0 Å². The summed E-state index contributed by atoms with van der Waals surface area (Å²) in [6.45, 7) is 9.57. The largest absolute Gasteiger partial charge is 0.484 e. The number of nitrogens with zero attached hydrogens (tertiary/aromatic N) is 6. The van der Waals surface area contributed by atoms with E-state index in [9.17, 15) is 9.90 Å². The van der Waals surface area contributed by atoms with Crippen LogP contribution >= 0.6 is 0 Å². The lowest BCUT2D eigenvalue weighted by Crippen LogP contribution is -2.51. The summed E-state index contributed by atoms with van der Waals surface area (Å²) in [5.74, 6) is 0.460. The fourth-order valence-electron chi connectivity index (χ4n) is 5.13. The van der Waals surface area contributed by atoms with Gasteiger partial charge < -0.3 is 25.0 Å². The fraction of sp³-hybridized carbons (Fsp3) is 0.407. The highest BCUT2D eigenvalue weighted by Crippen LogP contribution is 2.45. The zero-order chi connectivity index (χ0) is 26.5. The van der Waals surface area contributed by atoms with Crippen LogP contribution in [-0.4, -0.2) is 77.9 Å². The number of carbonyl (C=O) groups is 1. The Balaban J connectivity index is 1.29. The molecule has 198 valence electrons. The summed E-state index contributed by atoms with van der Waals surface area (Å²) in [5.41, 5.74) is 2.71. The first-order valence-electron chi connectivity index (χ1n) is 12.8. The van der Waals surface area contributed by atoms with Crippen molar-refractivity contribution >= 4 is 22.9 Å². The Hall–Kier alpha value is -3.96. The summed E-state index contributed by atoms with van der Waals surface area (Å²) in [6, 6.07) is 5.75. The minimum Gasteiger partial charge on any atom is -0.484 e. The van der Waals surface area contributed by atoms with Crippen molar-refractivity contribution in [2.45, 2.75) is 44.9 Å². The summed E-state index contributed by atoms with van der Waals surface area (Å²) >= 11 is 0. The smallest absolute Gasteiger partial charge is 0.261 e.